The molecule has 2 aromatic rings. The third-order valence-electron chi connectivity index (χ3n) is 2.97. The molecule has 4 N–H and O–H groups in total. The quantitative estimate of drug-likeness (QED) is 0.619. The van der Waals surface area contributed by atoms with Gasteiger partial charge in [-0.3, -0.25) is 0 Å². The molecule has 8 heteroatoms. The Kier molecular flexibility index (Phi) is 2.72. The minimum absolute atomic E-state index is 0.297. The van der Waals surface area contributed by atoms with Crippen LogP contribution >= 0.6 is 22.6 Å². The maximum absolute atomic E-state index is 10.00. The van der Waals surface area contributed by atoms with E-state index in [1.165, 1.54) is 6.33 Å². The van der Waals surface area contributed by atoms with Crippen LogP contribution in [0.15, 0.2) is 22.3 Å². The molecule has 0 aliphatic heterocycles. The molecule has 1 aliphatic carbocycles. The molecular weight excluding hydrogens is 349 g/mol. The summed E-state index contributed by atoms with van der Waals surface area (Å²) in [4.78, 5) is 12.1. The van der Waals surface area contributed by atoms with Gasteiger partial charge >= 0.3 is 0 Å². The van der Waals surface area contributed by atoms with Gasteiger partial charge in [0.1, 0.15) is 24.1 Å². The Bertz CT molecular complexity index is 640. The van der Waals surface area contributed by atoms with Crippen molar-refractivity contribution in [1.29, 1.82) is 0 Å². The average Bonchev–Trinajstić information content (AvgIpc) is 2.84. The van der Waals surface area contributed by atoms with E-state index in [4.69, 9.17) is 5.73 Å². The number of aromatic nitrogens is 4. The minimum Gasteiger partial charge on any atom is -0.388 e. The maximum atomic E-state index is 10.00. The zero-order chi connectivity index (χ0) is 12.9. The number of hydrogen-bond acceptors (Lipinski definition) is 6. The van der Waals surface area contributed by atoms with Gasteiger partial charge < -0.3 is 20.5 Å². The Balaban J connectivity index is 2.16. The summed E-state index contributed by atoms with van der Waals surface area (Å²) in [7, 11) is 0. The van der Waals surface area contributed by atoms with Gasteiger partial charge in [-0.15, -0.1) is 0 Å². The lowest BCUT2D eigenvalue weighted by molar-refractivity contribution is 0.0373. The molecule has 0 aromatic carbocycles. The molecular formula is C10H10IN5O2. The van der Waals surface area contributed by atoms with Crippen molar-refractivity contribution in [3.05, 3.63) is 22.3 Å². The molecule has 0 spiro atoms. The lowest BCUT2D eigenvalue weighted by Crippen LogP contribution is -2.28. The molecule has 2 aromatic heterocycles. The molecule has 94 valence electrons. The molecule has 18 heavy (non-hydrogen) atoms. The molecule has 0 fully saturated rings. The van der Waals surface area contributed by atoms with Crippen molar-refractivity contribution in [1.82, 2.24) is 19.5 Å². The van der Waals surface area contributed by atoms with Crippen molar-refractivity contribution in [2.45, 2.75) is 18.2 Å². The van der Waals surface area contributed by atoms with Crippen LogP contribution in [-0.2, 0) is 0 Å². The smallest absolute Gasteiger partial charge is 0.166 e. The van der Waals surface area contributed by atoms with Crippen LogP contribution in [0.1, 0.15) is 6.04 Å². The van der Waals surface area contributed by atoms with E-state index in [-0.39, 0.29) is 6.04 Å². The fourth-order valence-electron chi connectivity index (χ4n) is 2.08. The zero-order valence-corrected chi connectivity index (χ0v) is 11.3. The first-order valence-electron chi connectivity index (χ1n) is 5.26. The van der Waals surface area contributed by atoms with Gasteiger partial charge in [0, 0.05) is 3.58 Å². The Hall–Kier alpha value is -1.26. The number of nitrogens with two attached hydrogens (primary N) is 1. The van der Waals surface area contributed by atoms with Gasteiger partial charge in [-0.25, -0.2) is 15.0 Å². The van der Waals surface area contributed by atoms with Crippen molar-refractivity contribution in [3.8, 4) is 0 Å². The topological polar surface area (TPSA) is 110 Å². The van der Waals surface area contributed by atoms with Crippen molar-refractivity contribution < 1.29 is 10.2 Å². The molecule has 3 atom stereocenters. The first-order valence-corrected chi connectivity index (χ1v) is 6.34. The standard InChI is InChI=1S/C10H10IN5O2/c11-4-1-5(17)8(18)7(4)16-3-15-6-9(12)13-2-14-10(6)16/h1-3,5,7-8,17-18H,(H2,12,13,14). The second kappa shape index (κ2) is 4.14. The van der Waals surface area contributed by atoms with E-state index in [9.17, 15) is 10.2 Å². The summed E-state index contributed by atoms with van der Waals surface area (Å²) < 4.78 is 2.54. The third-order valence-corrected chi connectivity index (χ3v) is 3.97. The lowest BCUT2D eigenvalue weighted by Gasteiger charge is -2.19. The normalized spacial score (nSPS) is 27.7. The predicted octanol–water partition coefficient (Wildman–Crippen LogP) is 0.00390. The van der Waals surface area contributed by atoms with Crippen molar-refractivity contribution in [2.75, 3.05) is 5.73 Å². The second-order valence-corrected chi connectivity index (χ2v) is 5.31. The van der Waals surface area contributed by atoms with E-state index in [0.29, 0.717) is 17.0 Å². The van der Waals surface area contributed by atoms with Gasteiger partial charge in [0.2, 0.25) is 0 Å². The number of imidazole rings is 1. The number of halogens is 1. The van der Waals surface area contributed by atoms with Gasteiger partial charge in [0.15, 0.2) is 11.5 Å². The van der Waals surface area contributed by atoms with E-state index in [1.807, 2.05) is 0 Å². The van der Waals surface area contributed by atoms with E-state index in [0.717, 1.165) is 3.58 Å². The van der Waals surface area contributed by atoms with Gasteiger partial charge in [-0.2, -0.15) is 0 Å². The molecule has 0 radical (unpaired) electrons. The summed E-state index contributed by atoms with van der Waals surface area (Å²) in [5.41, 5.74) is 6.75. The molecule has 2 heterocycles. The largest absolute Gasteiger partial charge is 0.388 e. The molecule has 0 bridgehead atoms. The van der Waals surface area contributed by atoms with Crippen molar-refractivity contribution in [3.63, 3.8) is 0 Å². The Morgan fingerprint density at radius 1 is 1.28 bits per heavy atom. The lowest BCUT2D eigenvalue weighted by atomic mass is 10.2. The summed E-state index contributed by atoms with van der Waals surface area (Å²) in [6, 6.07) is -0.389. The van der Waals surface area contributed by atoms with Crippen LogP contribution < -0.4 is 5.73 Å². The van der Waals surface area contributed by atoms with Crippen LogP contribution in [0, 0.1) is 0 Å². The Labute approximate surface area is 116 Å². The Morgan fingerprint density at radius 2 is 2.06 bits per heavy atom. The van der Waals surface area contributed by atoms with E-state index in [2.05, 4.69) is 37.5 Å². The summed E-state index contributed by atoms with van der Waals surface area (Å²) in [5, 5.41) is 19.6. The monoisotopic (exact) mass is 359 g/mol. The number of anilines is 1. The number of rotatable bonds is 1. The highest BCUT2D eigenvalue weighted by Crippen LogP contribution is 2.37. The van der Waals surface area contributed by atoms with Crippen LogP contribution in [0.5, 0.6) is 0 Å². The summed E-state index contributed by atoms with van der Waals surface area (Å²) in [6.07, 6.45) is 2.73. The van der Waals surface area contributed by atoms with Gasteiger partial charge in [0.25, 0.3) is 0 Å². The highest BCUT2D eigenvalue weighted by molar-refractivity contribution is 14.1. The van der Waals surface area contributed by atoms with Gasteiger partial charge in [-0.1, -0.05) is 0 Å². The number of fused-ring (bicyclic) bond motifs is 1. The van der Waals surface area contributed by atoms with Crippen LogP contribution in [0.4, 0.5) is 5.82 Å². The second-order valence-electron chi connectivity index (χ2n) is 4.06. The van der Waals surface area contributed by atoms with Crippen LogP contribution in [0.25, 0.3) is 11.2 Å². The van der Waals surface area contributed by atoms with Gasteiger partial charge in [-0.05, 0) is 28.7 Å². The molecule has 1 aliphatic rings. The average molecular weight is 359 g/mol. The number of aliphatic hydroxyl groups is 2. The molecule has 7 nitrogen and oxygen atoms in total. The maximum Gasteiger partial charge on any atom is 0.166 e. The number of nitrogens with zero attached hydrogens (tertiary/aromatic N) is 4. The summed E-state index contributed by atoms with van der Waals surface area (Å²) in [5.74, 6) is 0.297. The fraction of sp³-hybridized carbons (Fsp3) is 0.300. The third kappa shape index (κ3) is 1.60. The SMILES string of the molecule is Nc1ncnc2c1ncn2C1C(I)=CC(O)C1O. The summed E-state index contributed by atoms with van der Waals surface area (Å²) >= 11 is 2.08. The summed E-state index contributed by atoms with van der Waals surface area (Å²) in [6.45, 7) is 0. The fourth-order valence-corrected chi connectivity index (χ4v) is 3.12. The Morgan fingerprint density at radius 3 is 2.72 bits per heavy atom. The first kappa shape index (κ1) is 11.8. The highest BCUT2D eigenvalue weighted by Gasteiger charge is 2.36. The van der Waals surface area contributed by atoms with Crippen LogP contribution in [-0.4, -0.2) is 41.9 Å². The molecule has 0 saturated carbocycles. The minimum atomic E-state index is -0.912. The van der Waals surface area contributed by atoms with E-state index in [1.54, 1.807) is 17.0 Å². The molecule has 0 saturated heterocycles. The van der Waals surface area contributed by atoms with Crippen LogP contribution in [0.2, 0.25) is 0 Å². The predicted molar refractivity (Wildman–Crippen MR) is 72.9 cm³/mol. The molecule has 3 rings (SSSR count). The van der Waals surface area contributed by atoms with Crippen molar-refractivity contribution in [2.24, 2.45) is 0 Å². The number of hydrogen-bond donors (Lipinski definition) is 3. The molecule has 0 amide bonds. The van der Waals surface area contributed by atoms with Crippen molar-refractivity contribution >= 4 is 39.6 Å². The van der Waals surface area contributed by atoms with Gasteiger partial charge in [0.05, 0.1) is 12.4 Å². The zero-order valence-electron chi connectivity index (χ0n) is 9.10. The molecule has 3 unspecified atom stereocenters. The first-order chi connectivity index (χ1) is 8.59. The number of nitrogen functional groups attached to an aromatic ring is 1. The van der Waals surface area contributed by atoms with Crippen LogP contribution in [0.3, 0.4) is 0 Å². The van der Waals surface area contributed by atoms with E-state index >= 15 is 0 Å². The van der Waals surface area contributed by atoms with E-state index < -0.39 is 12.2 Å². The number of aliphatic hydroxyl groups excluding tert-OH is 2. The highest BCUT2D eigenvalue weighted by atomic mass is 127.